The van der Waals surface area contributed by atoms with Gasteiger partial charge in [0.1, 0.15) is 0 Å². The molecule has 1 atom stereocenters. The third-order valence-corrected chi connectivity index (χ3v) is 6.99. The molecule has 0 aromatic heterocycles. The Morgan fingerprint density at radius 1 is 1.08 bits per heavy atom. The number of anilines is 1. The molecule has 0 bridgehead atoms. The SMILES string of the molecule is O=C(Nc1c2c(cc3c1CCC3)CCC2)NS(=O)(=O)C1CCNC1=O. The summed E-state index contributed by atoms with van der Waals surface area (Å²) >= 11 is 0. The molecule has 0 radical (unpaired) electrons. The number of hydrogen-bond donors (Lipinski definition) is 3. The number of fused-ring (bicyclic) bond motifs is 2. The number of aryl methyl sites for hydroxylation is 2. The quantitative estimate of drug-likeness (QED) is 0.745. The number of nitrogens with one attached hydrogen (secondary N) is 3. The van der Waals surface area contributed by atoms with E-state index >= 15 is 0 Å². The summed E-state index contributed by atoms with van der Waals surface area (Å²) in [6.45, 7) is 0.311. The zero-order valence-corrected chi connectivity index (χ0v) is 14.7. The van der Waals surface area contributed by atoms with Crippen LogP contribution in [0.25, 0.3) is 0 Å². The molecule has 3 aliphatic rings. The fourth-order valence-electron chi connectivity index (χ4n) is 4.17. The lowest BCUT2D eigenvalue weighted by atomic mass is 9.99. The van der Waals surface area contributed by atoms with Crippen LogP contribution in [0.2, 0.25) is 0 Å². The van der Waals surface area contributed by atoms with Gasteiger partial charge in [-0.1, -0.05) is 6.07 Å². The number of sulfonamides is 1. The molecule has 0 saturated carbocycles. The molecule has 1 aromatic carbocycles. The highest BCUT2D eigenvalue weighted by Crippen LogP contribution is 2.38. The van der Waals surface area contributed by atoms with Gasteiger partial charge in [-0.05, 0) is 67.2 Å². The van der Waals surface area contributed by atoms with Gasteiger partial charge in [-0.25, -0.2) is 17.9 Å². The van der Waals surface area contributed by atoms with Gasteiger partial charge in [0, 0.05) is 12.2 Å². The predicted molar refractivity (Wildman–Crippen MR) is 93.0 cm³/mol. The molecule has 134 valence electrons. The molecule has 2 aliphatic carbocycles. The zero-order valence-electron chi connectivity index (χ0n) is 13.9. The van der Waals surface area contributed by atoms with Crippen molar-refractivity contribution in [1.82, 2.24) is 10.0 Å². The Labute approximate surface area is 146 Å². The summed E-state index contributed by atoms with van der Waals surface area (Å²) in [7, 11) is -4.03. The normalized spacial score (nSPS) is 21.6. The molecule has 25 heavy (non-hydrogen) atoms. The monoisotopic (exact) mass is 363 g/mol. The Bertz CT molecular complexity index is 831. The van der Waals surface area contributed by atoms with E-state index < -0.39 is 27.2 Å². The Morgan fingerprint density at radius 2 is 1.72 bits per heavy atom. The molecule has 1 saturated heterocycles. The maximum Gasteiger partial charge on any atom is 0.332 e. The lowest BCUT2D eigenvalue weighted by Crippen LogP contribution is -2.43. The maximum absolute atomic E-state index is 12.4. The first kappa shape index (κ1) is 16.4. The molecule has 3 N–H and O–H groups in total. The van der Waals surface area contributed by atoms with Crippen LogP contribution in [0.1, 0.15) is 41.5 Å². The lowest BCUT2D eigenvalue weighted by Gasteiger charge is -2.17. The second-order valence-corrected chi connectivity index (χ2v) is 8.77. The highest BCUT2D eigenvalue weighted by Gasteiger charge is 2.37. The van der Waals surface area contributed by atoms with Crippen LogP contribution >= 0.6 is 0 Å². The van der Waals surface area contributed by atoms with Crippen LogP contribution in [0, 0.1) is 0 Å². The smallest absolute Gasteiger partial charge is 0.332 e. The standard InChI is InChI=1S/C17H21N3O4S/c21-16-14(7-8-18-16)25(23,24)20-17(22)19-15-12-5-1-3-10(12)9-11-4-2-6-13(11)15/h9,14H,1-8H2,(H,18,21)(H2,19,20,22). The van der Waals surface area contributed by atoms with Gasteiger partial charge >= 0.3 is 6.03 Å². The van der Waals surface area contributed by atoms with E-state index in [9.17, 15) is 18.0 Å². The molecule has 1 unspecified atom stereocenters. The van der Waals surface area contributed by atoms with Gasteiger partial charge in [-0.15, -0.1) is 0 Å². The number of amides is 3. The van der Waals surface area contributed by atoms with Crippen LogP contribution in [0.5, 0.6) is 0 Å². The molecule has 1 heterocycles. The van der Waals surface area contributed by atoms with Crippen LogP contribution in [0.15, 0.2) is 6.07 Å². The minimum Gasteiger partial charge on any atom is -0.355 e. The Hall–Kier alpha value is -2.09. The number of urea groups is 1. The molecule has 8 heteroatoms. The second kappa shape index (κ2) is 6.01. The van der Waals surface area contributed by atoms with Gasteiger partial charge in [0.25, 0.3) is 0 Å². The van der Waals surface area contributed by atoms with Crippen LogP contribution in [-0.4, -0.2) is 32.2 Å². The maximum atomic E-state index is 12.4. The number of carbonyl (C=O) groups excluding carboxylic acids is 2. The van der Waals surface area contributed by atoms with Gasteiger partial charge < -0.3 is 10.6 Å². The molecule has 1 fully saturated rings. The third-order valence-electron chi connectivity index (χ3n) is 5.32. The Kier molecular flexibility index (Phi) is 3.94. The van der Waals surface area contributed by atoms with Crippen LogP contribution < -0.4 is 15.4 Å². The van der Waals surface area contributed by atoms with Crippen LogP contribution in [-0.2, 0) is 40.5 Å². The average molecular weight is 363 g/mol. The van der Waals surface area contributed by atoms with E-state index in [1.807, 2.05) is 4.72 Å². The number of rotatable bonds is 3. The van der Waals surface area contributed by atoms with E-state index in [4.69, 9.17) is 0 Å². The molecule has 7 nitrogen and oxygen atoms in total. The number of hydrogen-bond acceptors (Lipinski definition) is 4. The highest BCUT2D eigenvalue weighted by atomic mass is 32.2. The van der Waals surface area contributed by atoms with E-state index in [-0.39, 0.29) is 6.42 Å². The van der Waals surface area contributed by atoms with Crippen molar-refractivity contribution in [2.75, 3.05) is 11.9 Å². The van der Waals surface area contributed by atoms with Crippen molar-refractivity contribution < 1.29 is 18.0 Å². The molecule has 4 rings (SSSR count). The van der Waals surface area contributed by atoms with Crippen molar-refractivity contribution in [3.05, 3.63) is 28.3 Å². The zero-order chi connectivity index (χ0) is 17.6. The first-order chi connectivity index (χ1) is 12.0. The van der Waals surface area contributed by atoms with Crippen molar-refractivity contribution in [3.8, 4) is 0 Å². The van der Waals surface area contributed by atoms with Gasteiger partial charge in [0.2, 0.25) is 15.9 Å². The molecule has 1 aromatic rings. The molecular weight excluding hydrogens is 342 g/mol. The summed E-state index contributed by atoms with van der Waals surface area (Å²) in [4.78, 5) is 24.0. The summed E-state index contributed by atoms with van der Waals surface area (Å²) in [6, 6.07) is 1.46. The number of benzene rings is 1. The predicted octanol–water partition coefficient (Wildman–Crippen LogP) is 1.00. The molecule has 3 amide bonds. The van der Waals surface area contributed by atoms with Crippen LogP contribution in [0.4, 0.5) is 10.5 Å². The highest BCUT2D eigenvalue weighted by molar-refractivity contribution is 7.91. The van der Waals surface area contributed by atoms with Gasteiger partial charge in [-0.3, -0.25) is 4.79 Å². The van der Waals surface area contributed by atoms with Crippen molar-refractivity contribution in [3.63, 3.8) is 0 Å². The van der Waals surface area contributed by atoms with E-state index in [1.165, 1.54) is 11.1 Å². The Morgan fingerprint density at radius 3 is 2.28 bits per heavy atom. The summed E-state index contributed by atoms with van der Waals surface area (Å²) in [5.41, 5.74) is 5.56. The average Bonchev–Trinajstić information content (AvgIpc) is 3.25. The lowest BCUT2D eigenvalue weighted by molar-refractivity contribution is -0.118. The molecule has 0 spiro atoms. The summed E-state index contributed by atoms with van der Waals surface area (Å²) < 4.78 is 26.6. The van der Waals surface area contributed by atoms with Gasteiger partial charge in [0.15, 0.2) is 5.25 Å². The van der Waals surface area contributed by atoms with Crippen LogP contribution in [0.3, 0.4) is 0 Å². The van der Waals surface area contributed by atoms with E-state index in [2.05, 4.69) is 16.7 Å². The summed E-state index contributed by atoms with van der Waals surface area (Å²) in [5, 5.41) is 4.05. The summed E-state index contributed by atoms with van der Waals surface area (Å²) in [6.07, 6.45) is 6.08. The Balaban J connectivity index is 1.57. The molecule has 1 aliphatic heterocycles. The largest absolute Gasteiger partial charge is 0.355 e. The summed E-state index contributed by atoms with van der Waals surface area (Å²) in [5.74, 6) is -0.554. The van der Waals surface area contributed by atoms with Crippen molar-refractivity contribution in [2.45, 2.75) is 50.2 Å². The number of carbonyl (C=O) groups is 2. The first-order valence-electron chi connectivity index (χ1n) is 8.72. The fourth-order valence-corrected chi connectivity index (χ4v) is 5.42. The molecular formula is C17H21N3O4S. The minimum absolute atomic E-state index is 0.178. The van der Waals surface area contributed by atoms with Crippen molar-refractivity contribution >= 4 is 27.6 Å². The van der Waals surface area contributed by atoms with Gasteiger partial charge in [0.05, 0.1) is 0 Å². The minimum atomic E-state index is -4.03. The fraction of sp³-hybridized carbons (Fsp3) is 0.529. The first-order valence-corrected chi connectivity index (χ1v) is 10.3. The van der Waals surface area contributed by atoms with Gasteiger partial charge in [-0.2, -0.15) is 0 Å². The second-order valence-electron chi connectivity index (χ2n) is 6.90. The third kappa shape index (κ3) is 2.88. The van der Waals surface area contributed by atoms with E-state index in [0.717, 1.165) is 55.3 Å². The van der Waals surface area contributed by atoms with Crippen molar-refractivity contribution in [2.24, 2.45) is 0 Å². The van der Waals surface area contributed by atoms with E-state index in [1.54, 1.807) is 0 Å². The topological polar surface area (TPSA) is 104 Å². The van der Waals surface area contributed by atoms with E-state index in [0.29, 0.717) is 6.54 Å². The van der Waals surface area contributed by atoms with Crippen molar-refractivity contribution in [1.29, 1.82) is 0 Å².